The van der Waals surface area contributed by atoms with Gasteiger partial charge in [-0.05, 0) is 19.1 Å². The number of aliphatic hydroxyl groups is 1. The van der Waals surface area contributed by atoms with Crippen molar-refractivity contribution in [2.24, 2.45) is 0 Å². The molecule has 2 N–H and O–H groups in total. The fourth-order valence-corrected chi connectivity index (χ4v) is 1.70. The van der Waals surface area contributed by atoms with Crippen molar-refractivity contribution in [1.29, 1.82) is 0 Å². The Morgan fingerprint density at radius 1 is 1.09 bits per heavy atom. The highest BCUT2D eigenvalue weighted by molar-refractivity contribution is 5.74. The van der Waals surface area contributed by atoms with Crippen LogP contribution in [0.15, 0.2) is 24.3 Å². The number of hydrogen-bond donors (Lipinski definition) is 2. The normalized spacial score (nSPS) is 12.9. The Balaban J connectivity index is 3.00. The molecule has 23 heavy (non-hydrogen) atoms. The van der Waals surface area contributed by atoms with Crippen molar-refractivity contribution >= 4 is 11.7 Å². The SMILES string of the molecule is CCOC(=O)CNc1ccc(C(O)(C(F)(F)F)C(F)(F)F)cc1. The van der Waals surface area contributed by atoms with Crippen molar-refractivity contribution in [3.05, 3.63) is 29.8 Å². The summed E-state index contributed by atoms with van der Waals surface area (Å²) in [5.74, 6) is -0.640. The molecule has 0 radical (unpaired) electrons. The van der Waals surface area contributed by atoms with E-state index in [0.29, 0.717) is 12.1 Å². The lowest BCUT2D eigenvalue weighted by Crippen LogP contribution is -2.53. The number of hydrogen-bond acceptors (Lipinski definition) is 4. The summed E-state index contributed by atoms with van der Waals surface area (Å²) in [6.07, 6.45) is -11.9. The van der Waals surface area contributed by atoms with Crippen LogP contribution in [-0.4, -0.2) is 36.6 Å². The summed E-state index contributed by atoms with van der Waals surface area (Å²) in [7, 11) is 0. The minimum absolute atomic E-state index is 0.0912. The van der Waals surface area contributed by atoms with Gasteiger partial charge in [0.1, 0.15) is 6.54 Å². The molecule has 130 valence electrons. The van der Waals surface area contributed by atoms with Crippen molar-refractivity contribution in [3.63, 3.8) is 0 Å². The largest absolute Gasteiger partial charge is 0.465 e. The molecule has 0 aliphatic rings. The average Bonchev–Trinajstić information content (AvgIpc) is 2.42. The van der Waals surface area contributed by atoms with Crippen LogP contribution in [0.3, 0.4) is 0 Å². The van der Waals surface area contributed by atoms with Crippen molar-refractivity contribution in [2.75, 3.05) is 18.5 Å². The molecule has 0 unspecified atom stereocenters. The minimum Gasteiger partial charge on any atom is -0.465 e. The summed E-state index contributed by atoms with van der Waals surface area (Å²) in [5, 5.41) is 11.7. The minimum atomic E-state index is -5.94. The van der Waals surface area contributed by atoms with Crippen LogP contribution in [0.4, 0.5) is 32.0 Å². The van der Waals surface area contributed by atoms with Gasteiger partial charge in [-0.2, -0.15) is 26.3 Å². The van der Waals surface area contributed by atoms with Crippen molar-refractivity contribution < 1.29 is 41.0 Å². The quantitative estimate of drug-likeness (QED) is 0.636. The summed E-state index contributed by atoms with van der Waals surface area (Å²) in [6, 6.07) is 2.73. The number of esters is 1. The van der Waals surface area contributed by atoms with Gasteiger partial charge in [-0.25, -0.2) is 0 Å². The topological polar surface area (TPSA) is 58.6 Å². The molecule has 1 aromatic rings. The van der Waals surface area contributed by atoms with Gasteiger partial charge in [0.2, 0.25) is 0 Å². The zero-order valence-electron chi connectivity index (χ0n) is 11.8. The van der Waals surface area contributed by atoms with E-state index in [2.05, 4.69) is 10.1 Å². The summed E-state index contributed by atoms with van der Waals surface area (Å²) >= 11 is 0. The van der Waals surface area contributed by atoms with Gasteiger partial charge >= 0.3 is 18.3 Å². The van der Waals surface area contributed by atoms with Gasteiger partial charge in [-0.3, -0.25) is 4.79 Å². The predicted molar refractivity (Wildman–Crippen MR) is 67.6 cm³/mol. The van der Waals surface area contributed by atoms with Crippen molar-refractivity contribution in [1.82, 2.24) is 0 Å². The lowest BCUT2D eigenvalue weighted by molar-refractivity contribution is -0.376. The number of alkyl halides is 6. The van der Waals surface area contributed by atoms with Crippen LogP contribution in [-0.2, 0) is 15.1 Å². The van der Waals surface area contributed by atoms with E-state index in [1.807, 2.05) is 0 Å². The second-order valence-corrected chi connectivity index (χ2v) is 4.44. The number of carbonyl (C=O) groups excluding carboxylic acids is 1. The molecule has 0 aliphatic carbocycles. The lowest BCUT2D eigenvalue weighted by atomic mass is 9.92. The van der Waals surface area contributed by atoms with E-state index < -0.39 is 29.5 Å². The summed E-state index contributed by atoms with van der Waals surface area (Å²) in [4.78, 5) is 11.1. The Kier molecular flexibility index (Phi) is 5.51. The molecule has 0 fully saturated rings. The van der Waals surface area contributed by atoms with E-state index >= 15 is 0 Å². The molecule has 0 spiro atoms. The highest BCUT2D eigenvalue weighted by Gasteiger charge is 2.71. The van der Waals surface area contributed by atoms with Crippen LogP contribution in [0.1, 0.15) is 12.5 Å². The van der Waals surface area contributed by atoms with Crippen LogP contribution in [0.25, 0.3) is 0 Å². The molecule has 0 atom stereocenters. The Morgan fingerprint density at radius 3 is 1.96 bits per heavy atom. The monoisotopic (exact) mass is 345 g/mol. The summed E-state index contributed by atoms with van der Waals surface area (Å²) in [5.41, 5.74) is -6.26. The Labute approximate surface area is 127 Å². The maximum absolute atomic E-state index is 12.7. The first-order valence-corrected chi connectivity index (χ1v) is 6.29. The van der Waals surface area contributed by atoms with Crippen molar-refractivity contribution in [3.8, 4) is 0 Å². The van der Waals surface area contributed by atoms with E-state index in [9.17, 15) is 36.2 Å². The zero-order valence-corrected chi connectivity index (χ0v) is 11.8. The zero-order chi connectivity index (χ0) is 17.9. The van der Waals surface area contributed by atoms with E-state index in [0.717, 1.165) is 12.1 Å². The van der Waals surface area contributed by atoms with E-state index in [-0.39, 0.29) is 18.8 Å². The smallest absolute Gasteiger partial charge is 0.430 e. The highest BCUT2D eigenvalue weighted by atomic mass is 19.4. The van der Waals surface area contributed by atoms with Gasteiger partial charge in [-0.1, -0.05) is 12.1 Å². The van der Waals surface area contributed by atoms with Crippen LogP contribution in [0.2, 0.25) is 0 Å². The molecule has 1 rings (SSSR count). The fourth-order valence-electron chi connectivity index (χ4n) is 1.70. The summed E-state index contributed by atoms with van der Waals surface area (Å²) < 4.78 is 80.7. The number of carbonyl (C=O) groups is 1. The third kappa shape index (κ3) is 4.06. The van der Waals surface area contributed by atoms with Gasteiger partial charge in [0.15, 0.2) is 0 Å². The number of ether oxygens (including phenoxy) is 1. The van der Waals surface area contributed by atoms with Crippen LogP contribution < -0.4 is 5.32 Å². The average molecular weight is 345 g/mol. The molecule has 0 saturated heterocycles. The molecular formula is C13H13F6NO3. The van der Waals surface area contributed by atoms with E-state index in [1.54, 1.807) is 6.92 Å². The number of nitrogens with one attached hydrogen (secondary N) is 1. The summed E-state index contributed by atoms with van der Waals surface area (Å²) in [6.45, 7) is 1.39. The van der Waals surface area contributed by atoms with Crippen LogP contribution >= 0.6 is 0 Å². The second kappa shape index (κ2) is 6.65. The number of halogens is 6. The maximum Gasteiger partial charge on any atom is 0.430 e. The standard InChI is InChI=1S/C13H13F6NO3/c1-2-23-10(21)7-20-9-5-3-8(4-6-9)11(22,12(14,15)16)13(17,18)19/h3-6,20,22H,2,7H2,1H3. The van der Waals surface area contributed by atoms with Gasteiger partial charge < -0.3 is 15.2 Å². The molecule has 1 aromatic carbocycles. The van der Waals surface area contributed by atoms with Crippen molar-refractivity contribution in [2.45, 2.75) is 24.9 Å². The van der Waals surface area contributed by atoms with E-state index in [1.165, 1.54) is 0 Å². The third-order valence-electron chi connectivity index (χ3n) is 2.87. The Bertz CT molecular complexity index is 524. The maximum atomic E-state index is 12.7. The first-order valence-electron chi connectivity index (χ1n) is 6.29. The second-order valence-electron chi connectivity index (χ2n) is 4.44. The van der Waals surface area contributed by atoms with Gasteiger partial charge in [0.25, 0.3) is 5.60 Å². The molecule has 0 saturated carbocycles. The van der Waals surface area contributed by atoms with Gasteiger partial charge in [0, 0.05) is 11.3 Å². The predicted octanol–water partition coefficient (Wildman–Crippen LogP) is 2.97. The van der Waals surface area contributed by atoms with Crippen LogP contribution in [0, 0.1) is 0 Å². The Hall–Kier alpha value is -1.97. The number of rotatable bonds is 5. The first kappa shape index (κ1) is 19.1. The molecule has 0 aromatic heterocycles. The van der Waals surface area contributed by atoms with Gasteiger partial charge in [-0.15, -0.1) is 0 Å². The fraction of sp³-hybridized carbons (Fsp3) is 0.462. The third-order valence-corrected chi connectivity index (χ3v) is 2.87. The van der Waals surface area contributed by atoms with E-state index in [4.69, 9.17) is 0 Å². The Morgan fingerprint density at radius 2 is 1.57 bits per heavy atom. The molecule has 0 aliphatic heterocycles. The molecule has 0 bridgehead atoms. The molecule has 10 heteroatoms. The molecule has 0 amide bonds. The lowest BCUT2D eigenvalue weighted by Gasteiger charge is -2.32. The number of anilines is 1. The van der Waals surface area contributed by atoms with Gasteiger partial charge in [0.05, 0.1) is 6.61 Å². The number of benzene rings is 1. The molecule has 4 nitrogen and oxygen atoms in total. The molecule has 0 heterocycles. The first-order chi connectivity index (χ1) is 10.4. The van der Waals surface area contributed by atoms with Crippen LogP contribution in [0.5, 0.6) is 0 Å². The highest BCUT2D eigenvalue weighted by Crippen LogP contribution is 2.50. The molecular weight excluding hydrogens is 332 g/mol.